The van der Waals surface area contributed by atoms with Crippen molar-refractivity contribution < 1.29 is 4.79 Å². The van der Waals surface area contributed by atoms with Crippen LogP contribution in [0.2, 0.25) is 0 Å². The van der Waals surface area contributed by atoms with E-state index in [4.69, 9.17) is 5.73 Å². The third-order valence-electron chi connectivity index (χ3n) is 3.08. The fourth-order valence-corrected chi connectivity index (χ4v) is 1.85. The zero-order valence-electron chi connectivity index (χ0n) is 10.0. The fraction of sp³-hybridized carbons (Fsp3) is 0.133. The molecule has 2 heteroatoms. The van der Waals surface area contributed by atoms with Gasteiger partial charge in [0.2, 0.25) is 0 Å². The van der Waals surface area contributed by atoms with Gasteiger partial charge in [-0.2, -0.15) is 0 Å². The van der Waals surface area contributed by atoms with E-state index in [0.717, 1.165) is 17.4 Å². The maximum absolute atomic E-state index is 10.9. The van der Waals surface area contributed by atoms with Crippen LogP contribution in [0.15, 0.2) is 36.4 Å². The number of anilines is 1. The van der Waals surface area contributed by atoms with Crippen LogP contribution in [-0.4, -0.2) is 6.29 Å². The minimum Gasteiger partial charge on any atom is -0.398 e. The number of aldehydes is 1. The van der Waals surface area contributed by atoms with E-state index in [9.17, 15) is 4.79 Å². The molecular weight excluding hydrogens is 210 g/mol. The molecule has 2 aromatic rings. The minimum absolute atomic E-state index is 0.542. The van der Waals surface area contributed by atoms with Gasteiger partial charge in [0.05, 0.1) is 0 Å². The summed E-state index contributed by atoms with van der Waals surface area (Å²) < 4.78 is 0. The number of rotatable bonds is 2. The zero-order chi connectivity index (χ0) is 12.4. The molecule has 0 aliphatic carbocycles. The quantitative estimate of drug-likeness (QED) is 0.629. The van der Waals surface area contributed by atoms with Crippen molar-refractivity contribution >= 4 is 12.0 Å². The van der Waals surface area contributed by atoms with E-state index in [-0.39, 0.29) is 0 Å². The first-order chi connectivity index (χ1) is 8.13. The Balaban J connectivity index is 2.60. The highest BCUT2D eigenvalue weighted by Crippen LogP contribution is 2.29. The third kappa shape index (κ3) is 2.07. The number of para-hydroxylation sites is 1. The fourth-order valence-electron chi connectivity index (χ4n) is 1.85. The van der Waals surface area contributed by atoms with Gasteiger partial charge in [0.15, 0.2) is 6.29 Å². The Morgan fingerprint density at radius 3 is 2.47 bits per heavy atom. The Labute approximate surface area is 101 Å². The number of hydrogen-bond acceptors (Lipinski definition) is 2. The van der Waals surface area contributed by atoms with E-state index in [2.05, 4.69) is 26.0 Å². The summed E-state index contributed by atoms with van der Waals surface area (Å²) in [6.07, 6.45) is 0.792. The van der Waals surface area contributed by atoms with Crippen molar-refractivity contribution in [2.24, 2.45) is 0 Å². The molecule has 2 nitrogen and oxygen atoms in total. The van der Waals surface area contributed by atoms with Gasteiger partial charge < -0.3 is 5.73 Å². The van der Waals surface area contributed by atoms with E-state index in [1.165, 1.54) is 11.1 Å². The van der Waals surface area contributed by atoms with E-state index in [1.54, 1.807) is 6.07 Å². The lowest BCUT2D eigenvalue weighted by Crippen LogP contribution is -1.96. The van der Waals surface area contributed by atoms with E-state index in [0.29, 0.717) is 11.3 Å². The molecule has 0 aromatic heterocycles. The van der Waals surface area contributed by atoms with Crippen molar-refractivity contribution in [1.82, 2.24) is 0 Å². The van der Waals surface area contributed by atoms with Gasteiger partial charge in [0.25, 0.3) is 0 Å². The second kappa shape index (κ2) is 4.42. The molecular formula is C15H15NO. The molecule has 2 N–H and O–H groups in total. The molecule has 2 rings (SSSR count). The molecule has 17 heavy (non-hydrogen) atoms. The van der Waals surface area contributed by atoms with Gasteiger partial charge in [0.1, 0.15) is 0 Å². The van der Waals surface area contributed by atoms with Crippen molar-refractivity contribution in [2.75, 3.05) is 5.73 Å². The summed E-state index contributed by atoms with van der Waals surface area (Å²) in [5.74, 6) is 0. The lowest BCUT2D eigenvalue weighted by molar-refractivity contribution is 0.112. The molecule has 0 aliphatic heterocycles. The predicted octanol–water partition coefficient (Wildman–Crippen LogP) is 3.37. The van der Waals surface area contributed by atoms with E-state index < -0.39 is 0 Å². The van der Waals surface area contributed by atoms with Crippen molar-refractivity contribution in [1.29, 1.82) is 0 Å². The van der Waals surface area contributed by atoms with Crippen LogP contribution < -0.4 is 5.73 Å². The lowest BCUT2D eigenvalue weighted by Gasteiger charge is -2.09. The van der Waals surface area contributed by atoms with Crippen LogP contribution in [0.1, 0.15) is 21.5 Å². The summed E-state index contributed by atoms with van der Waals surface area (Å²) in [7, 11) is 0. The number of carbonyl (C=O) groups is 1. The topological polar surface area (TPSA) is 43.1 Å². The largest absolute Gasteiger partial charge is 0.398 e. The van der Waals surface area contributed by atoms with Crippen LogP contribution in [0.5, 0.6) is 0 Å². The second-order valence-electron chi connectivity index (χ2n) is 4.23. The smallest absolute Gasteiger partial charge is 0.152 e. The van der Waals surface area contributed by atoms with Gasteiger partial charge in [-0.25, -0.2) is 0 Å². The van der Waals surface area contributed by atoms with Crippen LogP contribution in [0.4, 0.5) is 5.69 Å². The van der Waals surface area contributed by atoms with Gasteiger partial charge in [-0.15, -0.1) is 0 Å². The van der Waals surface area contributed by atoms with Gasteiger partial charge in [-0.05, 0) is 36.6 Å². The summed E-state index contributed by atoms with van der Waals surface area (Å²) in [4.78, 5) is 10.9. The Hall–Kier alpha value is -2.09. The molecule has 0 spiro atoms. The number of aryl methyl sites for hydroxylation is 2. The molecule has 0 fully saturated rings. The summed E-state index contributed by atoms with van der Waals surface area (Å²) in [6, 6.07) is 11.7. The average molecular weight is 225 g/mol. The normalized spacial score (nSPS) is 10.2. The van der Waals surface area contributed by atoms with Gasteiger partial charge >= 0.3 is 0 Å². The summed E-state index contributed by atoms with van der Waals surface area (Å²) in [6.45, 7) is 4.14. The van der Waals surface area contributed by atoms with Gasteiger partial charge in [-0.3, -0.25) is 4.79 Å². The Bertz CT molecular complexity index is 573. The standard InChI is InChI=1S/C15H15NO/c1-10-6-7-12(8-11(10)2)14-5-3-4-13(9-17)15(14)16/h3-9H,16H2,1-2H3. The maximum Gasteiger partial charge on any atom is 0.152 e. The number of nitrogen functional groups attached to an aromatic ring is 1. The first-order valence-electron chi connectivity index (χ1n) is 5.55. The molecule has 86 valence electrons. The molecule has 0 unspecified atom stereocenters. The molecule has 0 saturated heterocycles. The van der Waals surface area contributed by atoms with E-state index in [1.807, 2.05) is 18.2 Å². The van der Waals surface area contributed by atoms with Gasteiger partial charge in [-0.1, -0.05) is 30.3 Å². The van der Waals surface area contributed by atoms with Crippen LogP contribution in [0.3, 0.4) is 0 Å². The predicted molar refractivity (Wildman–Crippen MR) is 71.2 cm³/mol. The molecule has 0 radical (unpaired) electrons. The van der Waals surface area contributed by atoms with Crippen molar-refractivity contribution in [3.05, 3.63) is 53.1 Å². The molecule has 0 saturated carbocycles. The Morgan fingerprint density at radius 1 is 1.06 bits per heavy atom. The summed E-state index contributed by atoms with van der Waals surface area (Å²) >= 11 is 0. The average Bonchev–Trinajstić information content (AvgIpc) is 2.33. The van der Waals surface area contributed by atoms with E-state index >= 15 is 0 Å². The third-order valence-corrected chi connectivity index (χ3v) is 3.08. The van der Waals surface area contributed by atoms with Crippen molar-refractivity contribution in [3.8, 4) is 11.1 Å². The Kier molecular flexibility index (Phi) is 2.96. The van der Waals surface area contributed by atoms with Crippen molar-refractivity contribution in [3.63, 3.8) is 0 Å². The maximum atomic E-state index is 10.9. The molecule has 0 amide bonds. The lowest BCUT2D eigenvalue weighted by atomic mass is 9.97. The molecule has 0 atom stereocenters. The van der Waals surface area contributed by atoms with Crippen LogP contribution >= 0.6 is 0 Å². The first kappa shape index (κ1) is 11.4. The number of hydrogen-bond donors (Lipinski definition) is 1. The van der Waals surface area contributed by atoms with Gasteiger partial charge in [0, 0.05) is 16.8 Å². The highest BCUT2D eigenvalue weighted by Gasteiger charge is 2.07. The minimum atomic E-state index is 0.542. The highest BCUT2D eigenvalue weighted by atomic mass is 16.1. The van der Waals surface area contributed by atoms with Crippen LogP contribution in [-0.2, 0) is 0 Å². The monoisotopic (exact) mass is 225 g/mol. The molecule has 0 heterocycles. The number of benzene rings is 2. The number of nitrogens with two attached hydrogens (primary N) is 1. The SMILES string of the molecule is Cc1ccc(-c2cccc(C=O)c2N)cc1C. The molecule has 0 bridgehead atoms. The molecule has 0 aliphatic rings. The summed E-state index contributed by atoms with van der Waals surface area (Å²) in [5.41, 5.74) is 11.5. The zero-order valence-corrected chi connectivity index (χ0v) is 10.0. The number of carbonyl (C=O) groups excluding carboxylic acids is 1. The highest BCUT2D eigenvalue weighted by molar-refractivity contribution is 5.91. The van der Waals surface area contributed by atoms with Crippen LogP contribution in [0, 0.1) is 13.8 Å². The Morgan fingerprint density at radius 2 is 1.82 bits per heavy atom. The molecule has 2 aromatic carbocycles. The van der Waals surface area contributed by atoms with Crippen molar-refractivity contribution in [2.45, 2.75) is 13.8 Å². The second-order valence-corrected chi connectivity index (χ2v) is 4.23. The summed E-state index contributed by atoms with van der Waals surface area (Å²) in [5, 5.41) is 0. The first-order valence-corrected chi connectivity index (χ1v) is 5.55. The van der Waals surface area contributed by atoms with Crippen LogP contribution in [0.25, 0.3) is 11.1 Å².